The minimum absolute atomic E-state index is 0.0246. The van der Waals surface area contributed by atoms with Gasteiger partial charge in [-0.3, -0.25) is 9.78 Å². The molecule has 6 heteroatoms. The number of alkyl halides is 3. The molecule has 0 bridgehead atoms. The Morgan fingerprint density at radius 3 is 2.67 bits per heavy atom. The molecule has 1 aromatic heterocycles. The summed E-state index contributed by atoms with van der Waals surface area (Å²) >= 11 is 0. The van der Waals surface area contributed by atoms with E-state index in [2.05, 4.69) is 10.3 Å². The topological polar surface area (TPSA) is 42.0 Å². The van der Waals surface area contributed by atoms with Crippen molar-refractivity contribution >= 4 is 5.91 Å². The van der Waals surface area contributed by atoms with Gasteiger partial charge in [0.05, 0.1) is 5.56 Å². The number of amides is 1. The maximum absolute atomic E-state index is 12.3. The summed E-state index contributed by atoms with van der Waals surface area (Å²) < 4.78 is 36.8. The van der Waals surface area contributed by atoms with Crippen molar-refractivity contribution in [1.82, 2.24) is 10.3 Å². The first-order chi connectivity index (χ1) is 8.45. The Labute approximate surface area is 103 Å². The van der Waals surface area contributed by atoms with Crippen LogP contribution in [0.15, 0.2) is 30.5 Å². The number of hydrogen-bond acceptors (Lipinski definition) is 2. The highest BCUT2D eigenvalue weighted by atomic mass is 19.4. The summed E-state index contributed by atoms with van der Waals surface area (Å²) in [7, 11) is 0. The summed E-state index contributed by atoms with van der Waals surface area (Å²) in [5.41, 5.74) is -0.892. The molecule has 0 unspecified atom stereocenters. The molecule has 0 aliphatic carbocycles. The molecule has 3 nitrogen and oxygen atoms in total. The minimum Gasteiger partial charge on any atom is -0.350 e. The summed E-state index contributed by atoms with van der Waals surface area (Å²) in [6.07, 6.45) is 0.612. The van der Waals surface area contributed by atoms with Crippen molar-refractivity contribution in [3.05, 3.63) is 41.7 Å². The molecule has 0 radical (unpaired) electrons. The van der Waals surface area contributed by atoms with E-state index in [1.807, 2.05) is 19.1 Å². The van der Waals surface area contributed by atoms with E-state index >= 15 is 0 Å². The molecule has 0 atom stereocenters. The predicted molar refractivity (Wildman–Crippen MR) is 61.0 cm³/mol. The number of nitrogens with one attached hydrogen (secondary N) is 1. The van der Waals surface area contributed by atoms with Crippen molar-refractivity contribution in [3.63, 3.8) is 0 Å². The maximum Gasteiger partial charge on any atom is 0.417 e. The van der Waals surface area contributed by atoms with Gasteiger partial charge in [0.2, 0.25) is 0 Å². The van der Waals surface area contributed by atoms with Crippen molar-refractivity contribution in [2.45, 2.75) is 19.5 Å². The standard InChI is InChI=1S/C12H13F3N2O/c1-2-3-4-7-16-11(18)10-6-5-9(8-17-10)12(13,14)15/h2-3,5-6,8H,4,7H2,1H3,(H,16,18)/b3-2+. The Balaban J connectivity index is 2.59. The third-order valence-corrected chi connectivity index (χ3v) is 2.16. The van der Waals surface area contributed by atoms with E-state index < -0.39 is 17.6 Å². The van der Waals surface area contributed by atoms with Crippen LogP contribution in [0.25, 0.3) is 0 Å². The molecular formula is C12H13F3N2O. The highest BCUT2D eigenvalue weighted by Gasteiger charge is 2.30. The summed E-state index contributed by atoms with van der Waals surface area (Å²) in [5, 5.41) is 2.56. The van der Waals surface area contributed by atoms with E-state index in [-0.39, 0.29) is 5.69 Å². The predicted octanol–water partition coefficient (Wildman–Crippen LogP) is 2.80. The van der Waals surface area contributed by atoms with Crippen LogP contribution in [-0.2, 0) is 6.18 Å². The first kappa shape index (κ1) is 14.2. The van der Waals surface area contributed by atoms with Gasteiger partial charge in [-0.25, -0.2) is 0 Å². The smallest absolute Gasteiger partial charge is 0.350 e. The average Bonchev–Trinajstić information content (AvgIpc) is 2.33. The fourth-order valence-electron chi connectivity index (χ4n) is 1.22. The van der Waals surface area contributed by atoms with Gasteiger partial charge in [-0.2, -0.15) is 13.2 Å². The second-order valence-corrected chi connectivity index (χ2v) is 3.54. The third kappa shape index (κ3) is 4.20. The van der Waals surface area contributed by atoms with Gasteiger partial charge in [0.25, 0.3) is 5.91 Å². The molecule has 0 saturated carbocycles. The molecule has 1 N–H and O–H groups in total. The number of pyridine rings is 1. The van der Waals surface area contributed by atoms with E-state index in [1.165, 1.54) is 0 Å². The van der Waals surface area contributed by atoms with E-state index in [4.69, 9.17) is 0 Å². The highest BCUT2D eigenvalue weighted by Crippen LogP contribution is 2.28. The lowest BCUT2D eigenvalue weighted by molar-refractivity contribution is -0.137. The van der Waals surface area contributed by atoms with Gasteiger partial charge < -0.3 is 5.32 Å². The van der Waals surface area contributed by atoms with E-state index in [0.717, 1.165) is 12.1 Å². The third-order valence-electron chi connectivity index (χ3n) is 2.16. The molecule has 0 aromatic carbocycles. The van der Waals surface area contributed by atoms with E-state index in [0.29, 0.717) is 19.2 Å². The maximum atomic E-state index is 12.3. The second-order valence-electron chi connectivity index (χ2n) is 3.54. The Bertz CT molecular complexity index is 424. The van der Waals surface area contributed by atoms with Crippen LogP contribution in [0.3, 0.4) is 0 Å². The van der Waals surface area contributed by atoms with Crippen LogP contribution < -0.4 is 5.32 Å². The van der Waals surface area contributed by atoms with Crippen LogP contribution in [0.4, 0.5) is 13.2 Å². The van der Waals surface area contributed by atoms with Gasteiger partial charge in [-0.15, -0.1) is 0 Å². The summed E-state index contributed by atoms with van der Waals surface area (Å²) in [5.74, 6) is -0.478. The Morgan fingerprint density at radius 2 is 2.17 bits per heavy atom. The zero-order valence-corrected chi connectivity index (χ0v) is 9.79. The Hall–Kier alpha value is -1.85. The Morgan fingerprint density at radius 1 is 1.44 bits per heavy atom. The molecule has 0 fully saturated rings. The lowest BCUT2D eigenvalue weighted by atomic mass is 10.2. The lowest BCUT2D eigenvalue weighted by Gasteiger charge is -2.07. The van der Waals surface area contributed by atoms with Crippen LogP contribution in [0.1, 0.15) is 29.4 Å². The highest BCUT2D eigenvalue weighted by molar-refractivity contribution is 5.92. The lowest BCUT2D eigenvalue weighted by Crippen LogP contribution is -2.25. The molecule has 1 amide bonds. The van der Waals surface area contributed by atoms with Crippen LogP contribution in [0.2, 0.25) is 0 Å². The summed E-state index contributed by atoms with van der Waals surface area (Å²) in [6, 6.07) is 1.90. The van der Waals surface area contributed by atoms with E-state index in [9.17, 15) is 18.0 Å². The number of carbonyl (C=O) groups is 1. The fourth-order valence-corrected chi connectivity index (χ4v) is 1.22. The van der Waals surface area contributed by atoms with Crippen molar-refractivity contribution in [3.8, 4) is 0 Å². The van der Waals surface area contributed by atoms with Crippen molar-refractivity contribution in [2.75, 3.05) is 6.54 Å². The quantitative estimate of drug-likeness (QED) is 0.666. The summed E-state index contributed by atoms with van der Waals surface area (Å²) in [4.78, 5) is 15.0. The van der Waals surface area contributed by atoms with Crippen molar-refractivity contribution < 1.29 is 18.0 Å². The first-order valence-electron chi connectivity index (χ1n) is 5.37. The fraction of sp³-hybridized carbons (Fsp3) is 0.333. The number of aromatic nitrogens is 1. The van der Waals surface area contributed by atoms with Gasteiger partial charge >= 0.3 is 6.18 Å². The first-order valence-corrected chi connectivity index (χ1v) is 5.37. The molecule has 1 heterocycles. The minimum atomic E-state index is -4.44. The molecule has 0 aliphatic heterocycles. The van der Waals surface area contributed by atoms with Gasteiger partial charge in [0, 0.05) is 12.7 Å². The molecule has 98 valence electrons. The number of carbonyl (C=O) groups excluding carboxylic acids is 1. The number of nitrogens with zero attached hydrogens (tertiary/aromatic N) is 1. The largest absolute Gasteiger partial charge is 0.417 e. The number of halogens is 3. The number of allylic oxidation sites excluding steroid dienone is 1. The van der Waals surface area contributed by atoms with Crippen LogP contribution in [0.5, 0.6) is 0 Å². The monoisotopic (exact) mass is 258 g/mol. The average molecular weight is 258 g/mol. The van der Waals surface area contributed by atoms with E-state index in [1.54, 1.807) is 0 Å². The zero-order chi connectivity index (χ0) is 13.6. The molecule has 1 rings (SSSR count). The zero-order valence-electron chi connectivity index (χ0n) is 9.79. The summed E-state index contributed by atoms with van der Waals surface area (Å²) in [6.45, 7) is 2.28. The SMILES string of the molecule is C/C=C/CCNC(=O)c1ccc(C(F)(F)F)cn1. The van der Waals surface area contributed by atoms with Gasteiger partial charge in [0.1, 0.15) is 5.69 Å². The molecule has 1 aromatic rings. The van der Waals surface area contributed by atoms with Crippen molar-refractivity contribution in [1.29, 1.82) is 0 Å². The second kappa shape index (κ2) is 6.18. The molecular weight excluding hydrogens is 245 g/mol. The molecule has 0 spiro atoms. The number of rotatable bonds is 4. The van der Waals surface area contributed by atoms with Crippen molar-refractivity contribution in [2.24, 2.45) is 0 Å². The molecule has 0 saturated heterocycles. The number of hydrogen-bond donors (Lipinski definition) is 1. The van der Waals surface area contributed by atoms with Crippen LogP contribution in [-0.4, -0.2) is 17.4 Å². The van der Waals surface area contributed by atoms with Gasteiger partial charge in [-0.1, -0.05) is 12.2 Å². The van der Waals surface area contributed by atoms with Crippen LogP contribution >= 0.6 is 0 Å². The molecule has 0 aliphatic rings. The van der Waals surface area contributed by atoms with Crippen LogP contribution in [0, 0.1) is 0 Å². The van der Waals surface area contributed by atoms with Gasteiger partial charge in [0.15, 0.2) is 0 Å². The molecule has 18 heavy (non-hydrogen) atoms. The normalized spacial score (nSPS) is 11.8. The Kier molecular flexibility index (Phi) is 4.88. The van der Waals surface area contributed by atoms with Gasteiger partial charge in [-0.05, 0) is 25.5 Å².